The summed E-state index contributed by atoms with van der Waals surface area (Å²) in [7, 11) is -3.13. The van der Waals surface area contributed by atoms with Crippen molar-refractivity contribution in [2.24, 2.45) is 0 Å². The van der Waals surface area contributed by atoms with E-state index in [1.807, 2.05) is 0 Å². The van der Waals surface area contributed by atoms with Gasteiger partial charge in [-0.2, -0.15) is 0 Å². The Labute approximate surface area is 64.4 Å². The van der Waals surface area contributed by atoms with E-state index in [0.717, 1.165) is 0 Å². The van der Waals surface area contributed by atoms with Gasteiger partial charge in [0.2, 0.25) is 0 Å². The van der Waals surface area contributed by atoms with Crippen molar-refractivity contribution in [2.75, 3.05) is 0 Å². The van der Waals surface area contributed by atoms with E-state index in [-0.39, 0.29) is 41.3 Å². The van der Waals surface area contributed by atoms with Crippen LogP contribution < -0.4 is 0 Å². The fourth-order valence-electron chi connectivity index (χ4n) is 0. The van der Waals surface area contributed by atoms with Crippen LogP contribution in [0.4, 0.5) is 0 Å². The Hall–Kier alpha value is 0.948. The maximum absolute atomic E-state index is 8.74. The Morgan fingerprint density at radius 1 is 1.33 bits per heavy atom. The summed E-state index contributed by atoms with van der Waals surface area (Å²) >= 11 is 0. The number of hydrogen-bond donors (Lipinski definition) is 2. The third-order valence-electron chi connectivity index (χ3n) is 0. The van der Waals surface area contributed by atoms with Gasteiger partial charge in [-0.25, -0.2) is 0 Å². The molecule has 0 unspecified atom stereocenters. The van der Waals surface area contributed by atoms with Crippen LogP contribution in [0.2, 0.25) is 0 Å². The van der Waals surface area contributed by atoms with E-state index >= 15 is 0 Å². The molecule has 3 nitrogen and oxygen atoms in total. The molecular formula is H4CrO3SiSn. The summed E-state index contributed by atoms with van der Waals surface area (Å²) in [5, 5.41) is 0. The average Bonchev–Trinajstić information content (AvgIpc) is 0.811. The van der Waals surface area contributed by atoms with E-state index in [9.17, 15) is 0 Å². The van der Waals surface area contributed by atoms with Crippen molar-refractivity contribution >= 4 is 33.1 Å². The van der Waals surface area contributed by atoms with Crippen LogP contribution in [0.15, 0.2) is 0 Å². The third-order valence-corrected chi connectivity index (χ3v) is 0. The molecule has 0 aliphatic carbocycles. The van der Waals surface area contributed by atoms with Crippen molar-refractivity contribution in [3.05, 3.63) is 0 Å². The average molecular weight is 251 g/mol. The monoisotopic (exact) mass is 252 g/mol. The normalized spacial score (nSPS) is 4.00. The summed E-state index contributed by atoms with van der Waals surface area (Å²) < 4.78 is 8.74. The van der Waals surface area contributed by atoms with Crippen LogP contribution in [-0.4, -0.2) is 42.7 Å². The Bertz CT molecular complexity index is 33.8. The standard InChI is InChI=1S/Cr.H2O3Si.Sn.2H/c;1-4(2)3;;;/h;1-2H;;;. The van der Waals surface area contributed by atoms with Gasteiger partial charge in [-0.3, -0.25) is 4.46 Å². The van der Waals surface area contributed by atoms with Crippen molar-refractivity contribution in [1.29, 1.82) is 0 Å². The minimum absolute atomic E-state index is 0. The Kier molecular flexibility index (Phi) is 24.6. The molecule has 6 heteroatoms. The first-order valence-electron chi connectivity index (χ1n) is 0.651. The molecule has 6 heavy (non-hydrogen) atoms. The number of rotatable bonds is 0. The summed E-state index contributed by atoms with van der Waals surface area (Å²) in [5.41, 5.74) is 0. The summed E-state index contributed by atoms with van der Waals surface area (Å²) in [4.78, 5) is 14.3. The Morgan fingerprint density at radius 2 is 1.33 bits per heavy atom. The second-order valence-electron chi connectivity index (χ2n) is 0.283. The van der Waals surface area contributed by atoms with Gasteiger partial charge in [-0.15, -0.1) is 0 Å². The van der Waals surface area contributed by atoms with Gasteiger partial charge in [-0.05, 0) is 0 Å². The first kappa shape index (κ1) is 15.8. The van der Waals surface area contributed by atoms with Gasteiger partial charge in [0, 0.05) is 17.4 Å². The molecule has 0 bridgehead atoms. The Morgan fingerprint density at radius 3 is 1.33 bits per heavy atom. The SMILES string of the molecule is O=[Si](O)O.[Cr].[SnH2]. The maximum atomic E-state index is 8.74. The second kappa shape index (κ2) is 9.34. The second-order valence-corrected chi connectivity index (χ2v) is 0.848. The zero-order valence-electron chi connectivity index (χ0n) is 2.92. The van der Waals surface area contributed by atoms with Gasteiger partial charge < -0.3 is 9.59 Å². The molecule has 0 rings (SSSR count). The van der Waals surface area contributed by atoms with E-state index in [2.05, 4.69) is 0 Å². The van der Waals surface area contributed by atoms with Crippen molar-refractivity contribution in [2.45, 2.75) is 0 Å². The summed E-state index contributed by atoms with van der Waals surface area (Å²) in [6, 6.07) is 0. The van der Waals surface area contributed by atoms with Crippen molar-refractivity contribution in [1.82, 2.24) is 0 Å². The van der Waals surface area contributed by atoms with E-state index in [1.54, 1.807) is 0 Å². The predicted molar refractivity (Wildman–Crippen MR) is 19.4 cm³/mol. The fraction of sp³-hybridized carbons (Fsp3) is 0. The van der Waals surface area contributed by atoms with Gasteiger partial charge in [0.15, 0.2) is 0 Å². The molecule has 2 N–H and O–H groups in total. The van der Waals surface area contributed by atoms with Gasteiger partial charge >= 0.3 is 33.1 Å². The van der Waals surface area contributed by atoms with Crippen LogP contribution in [0.5, 0.6) is 0 Å². The van der Waals surface area contributed by atoms with Gasteiger partial charge in [0.05, 0.1) is 0 Å². The molecule has 0 saturated heterocycles. The van der Waals surface area contributed by atoms with E-state index in [0.29, 0.717) is 0 Å². The predicted octanol–water partition coefficient (Wildman–Crippen LogP) is -2.53. The van der Waals surface area contributed by atoms with E-state index in [1.165, 1.54) is 0 Å². The van der Waals surface area contributed by atoms with Gasteiger partial charge in [-0.1, -0.05) is 0 Å². The molecule has 0 aromatic carbocycles. The van der Waals surface area contributed by atoms with Crippen LogP contribution in [-0.2, 0) is 21.8 Å². The third kappa shape index (κ3) is 85.8. The molecule has 36 valence electrons. The zero-order valence-corrected chi connectivity index (χ0v) is 9.23. The molecule has 0 aromatic heterocycles. The first-order chi connectivity index (χ1) is 1.73. The van der Waals surface area contributed by atoms with Gasteiger partial charge in [0.25, 0.3) is 0 Å². The molecule has 2 radical (unpaired) electrons. The quantitative estimate of drug-likeness (QED) is 0.466. The number of hydrogen-bond acceptors (Lipinski definition) is 1. The topological polar surface area (TPSA) is 57.5 Å². The molecule has 0 saturated carbocycles. The summed E-state index contributed by atoms with van der Waals surface area (Å²) in [6.07, 6.45) is 0. The van der Waals surface area contributed by atoms with Crippen LogP contribution >= 0.6 is 0 Å². The van der Waals surface area contributed by atoms with Crippen molar-refractivity contribution < 1.29 is 31.4 Å². The zero-order chi connectivity index (χ0) is 3.58. The fourth-order valence-corrected chi connectivity index (χ4v) is 0. The Balaban J connectivity index is -0.0000000450. The van der Waals surface area contributed by atoms with Gasteiger partial charge in [0.1, 0.15) is 0 Å². The molecule has 0 atom stereocenters. The summed E-state index contributed by atoms with van der Waals surface area (Å²) in [6.45, 7) is 0. The molecule has 0 fully saturated rings. The molecular weight excluding hydrogens is 247 g/mol. The van der Waals surface area contributed by atoms with Crippen molar-refractivity contribution in [3.63, 3.8) is 0 Å². The van der Waals surface area contributed by atoms with Crippen molar-refractivity contribution in [3.8, 4) is 0 Å². The van der Waals surface area contributed by atoms with Crippen LogP contribution in [0.25, 0.3) is 0 Å². The van der Waals surface area contributed by atoms with Crippen LogP contribution in [0, 0.1) is 0 Å². The molecule has 0 aromatic rings. The van der Waals surface area contributed by atoms with E-state index < -0.39 is 9.17 Å². The molecule has 0 spiro atoms. The first-order valence-corrected chi connectivity index (χ1v) is 1.95. The molecule has 0 aliphatic heterocycles. The summed E-state index contributed by atoms with van der Waals surface area (Å²) in [5.74, 6) is 0. The minimum atomic E-state index is -3.13. The van der Waals surface area contributed by atoms with E-state index in [4.69, 9.17) is 14.1 Å². The molecule has 0 heterocycles. The van der Waals surface area contributed by atoms with Crippen LogP contribution in [0.3, 0.4) is 0 Å². The van der Waals surface area contributed by atoms with Crippen LogP contribution in [0.1, 0.15) is 0 Å². The molecule has 0 amide bonds. The molecule has 0 aliphatic rings.